The molecule has 2 heterocycles. The van der Waals surface area contributed by atoms with Crippen molar-refractivity contribution >= 4 is 33.9 Å². The highest BCUT2D eigenvalue weighted by molar-refractivity contribution is 6.00. The third kappa shape index (κ3) is 2.92. The average molecular weight is 388 g/mol. The van der Waals surface area contributed by atoms with Crippen LogP contribution in [0.4, 0.5) is 0 Å². The van der Waals surface area contributed by atoms with E-state index in [4.69, 9.17) is 9.15 Å². The first-order valence-electron chi connectivity index (χ1n) is 9.83. The molecule has 5 rings (SSSR count). The van der Waals surface area contributed by atoms with Crippen LogP contribution in [0, 0.1) is 0 Å². The lowest BCUT2D eigenvalue weighted by molar-refractivity contribution is 0.0285. The van der Waals surface area contributed by atoms with Crippen LogP contribution in [0.2, 0.25) is 0 Å². The van der Waals surface area contributed by atoms with Gasteiger partial charge in [0.15, 0.2) is 18.1 Å². The Bertz CT molecular complexity index is 1250. The summed E-state index contributed by atoms with van der Waals surface area (Å²) in [7, 11) is 0. The van der Waals surface area contributed by atoms with Gasteiger partial charge in [0, 0.05) is 11.1 Å². The monoisotopic (exact) mass is 388 g/mol. The number of aryl methyl sites for hydroxylation is 1. The predicted molar refractivity (Wildman–Crippen MR) is 108 cm³/mol. The highest BCUT2D eigenvalue weighted by Crippen LogP contribution is 2.32. The second kappa shape index (κ2) is 6.88. The van der Waals surface area contributed by atoms with Crippen molar-refractivity contribution < 1.29 is 18.7 Å². The number of fused-ring (bicyclic) bond motifs is 4. The van der Waals surface area contributed by atoms with Crippen molar-refractivity contribution in [3.8, 4) is 0 Å². The number of hydrogen-bond donors (Lipinski definition) is 0. The van der Waals surface area contributed by atoms with Gasteiger partial charge >= 0.3 is 5.97 Å². The number of oxazole rings is 1. The Morgan fingerprint density at radius 1 is 1.14 bits per heavy atom. The predicted octanol–water partition coefficient (Wildman–Crippen LogP) is 4.55. The minimum Gasteiger partial charge on any atom is -0.449 e. The van der Waals surface area contributed by atoms with E-state index in [2.05, 4.69) is 11.1 Å². The molecule has 0 N–H and O–H groups in total. The molecule has 1 atom stereocenters. The summed E-state index contributed by atoms with van der Waals surface area (Å²) in [5.41, 5.74) is 4.69. The molecular weight excluding hydrogens is 368 g/mol. The molecule has 0 radical (unpaired) electrons. The molecule has 1 aliphatic carbocycles. The van der Waals surface area contributed by atoms with Crippen LogP contribution in [-0.4, -0.2) is 27.5 Å². The number of carbonyl (C=O) groups excluding carboxylic acids is 2. The average Bonchev–Trinajstić information content (AvgIpc) is 3.35. The third-order valence-corrected chi connectivity index (χ3v) is 5.60. The van der Waals surface area contributed by atoms with Gasteiger partial charge in [-0.2, -0.15) is 0 Å². The number of para-hydroxylation sites is 1. The Kier molecular flexibility index (Phi) is 4.19. The summed E-state index contributed by atoms with van der Waals surface area (Å²) in [4.78, 5) is 29.9. The van der Waals surface area contributed by atoms with Crippen LogP contribution in [0.3, 0.4) is 0 Å². The lowest BCUT2D eigenvalue weighted by Crippen LogP contribution is -2.30. The molecule has 2 aromatic carbocycles. The Morgan fingerprint density at radius 3 is 2.86 bits per heavy atom. The number of rotatable bonds is 3. The van der Waals surface area contributed by atoms with Gasteiger partial charge in [-0.3, -0.25) is 9.36 Å². The second-order valence-electron chi connectivity index (χ2n) is 7.41. The molecule has 0 bridgehead atoms. The van der Waals surface area contributed by atoms with Gasteiger partial charge in [-0.15, -0.1) is 0 Å². The molecule has 0 spiro atoms. The maximum Gasteiger partial charge on any atom is 0.338 e. The fourth-order valence-corrected chi connectivity index (χ4v) is 4.19. The van der Waals surface area contributed by atoms with Crippen LogP contribution in [0.5, 0.6) is 0 Å². The zero-order chi connectivity index (χ0) is 20.0. The van der Waals surface area contributed by atoms with E-state index in [-0.39, 0.29) is 5.91 Å². The molecule has 0 fully saturated rings. The molecule has 0 aliphatic heterocycles. The van der Waals surface area contributed by atoms with Crippen LogP contribution in [0.25, 0.3) is 22.0 Å². The Labute approximate surface area is 167 Å². The fraction of sp³-hybridized carbons (Fsp3) is 0.261. The van der Waals surface area contributed by atoms with Crippen LogP contribution >= 0.6 is 0 Å². The largest absolute Gasteiger partial charge is 0.449 e. The lowest BCUT2D eigenvalue weighted by Gasteiger charge is -2.18. The van der Waals surface area contributed by atoms with Crippen molar-refractivity contribution in [1.29, 1.82) is 0 Å². The molecular formula is C23H20N2O4. The lowest BCUT2D eigenvalue weighted by atomic mass is 9.95. The molecule has 6 nitrogen and oxygen atoms in total. The zero-order valence-electron chi connectivity index (χ0n) is 16.1. The Hall–Kier alpha value is -3.41. The molecule has 29 heavy (non-hydrogen) atoms. The van der Waals surface area contributed by atoms with Gasteiger partial charge in [-0.1, -0.05) is 18.2 Å². The van der Waals surface area contributed by atoms with E-state index >= 15 is 0 Å². The molecule has 6 heteroatoms. The van der Waals surface area contributed by atoms with Crippen LogP contribution < -0.4 is 0 Å². The number of aromatic nitrogens is 2. The molecule has 0 amide bonds. The van der Waals surface area contributed by atoms with Gasteiger partial charge in [-0.25, -0.2) is 9.78 Å². The summed E-state index contributed by atoms with van der Waals surface area (Å²) >= 11 is 0. The van der Waals surface area contributed by atoms with E-state index in [0.29, 0.717) is 16.7 Å². The molecule has 2 aromatic heterocycles. The van der Waals surface area contributed by atoms with Crippen molar-refractivity contribution in [2.75, 3.05) is 0 Å². The van der Waals surface area contributed by atoms with Crippen LogP contribution in [0.1, 0.15) is 46.2 Å². The maximum absolute atomic E-state index is 13.3. The van der Waals surface area contributed by atoms with Gasteiger partial charge in [-0.05, 0) is 62.4 Å². The minimum absolute atomic E-state index is 0.222. The van der Waals surface area contributed by atoms with Crippen molar-refractivity contribution in [2.24, 2.45) is 0 Å². The molecule has 0 saturated carbocycles. The summed E-state index contributed by atoms with van der Waals surface area (Å²) in [6.07, 6.45) is 4.44. The number of nitrogens with zero attached hydrogens (tertiary/aromatic N) is 2. The minimum atomic E-state index is -0.905. The maximum atomic E-state index is 13.3. The summed E-state index contributed by atoms with van der Waals surface area (Å²) in [6.45, 7) is 1.62. The van der Waals surface area contributed by atoms with Crippen LogP contribution in [-0.2, 0) is 17.6 Å². The van der Waals surface area contributed by atoms with E-state index < -0.39 is 12.1 Å². The molecule has 1 unspecified atom stereocenters. The molecule has 0 saturated heterocycles. The van der Waals surface area contributed by atoms with Crippen molar-refractivity contribution in [2.45, 2.75) is 38.7 Å². The van der Waals surface area contributed by atoms with Gasteiger partial charge < -0.3 is 9.15 Å². The number of ether oxygens (including phenoxy) is 1. The topological polar surface area (TPSA) is 74.3 Å². The third-order valence-electron chi connectivity index (χ3n) is 5.60. The zero-order valence-corrected chi connectivity index (χ0v) is 16.1. The first kappa shape index (κ1) is 17.7. The summed E-state index contributed by atoms with van der Waals surface area (Å²) in [6, 6.07) is 12.8. The van der Waals surface area contributed by atoms with Gasteiger partial charge in [0.2, 0.25) is 0 Å². The first-order valence-corrected chi connectivity index (χ1v) is 9.83. The Balaban J connectivity index is 1.45. The van der Waals surface area contributed by atoms with Gasteiger partial charge in [0.1, 0.15) is 5.52 Å². The highest BCUT2D eigenvalue weighted by atomic mass is 16.5. The van der Waals surface area contributed by atoms with E-state index in [1.807, 2.05) is 18.2 Å². The van der Waals surface area contributed by atoms with E-state index in [1.165, 1.54) is 12.0 Å². The van der Waals surface area contributed by atoms with Crippen LogP contribution in [0.15, 0.2) is 53.3 Å². The first-order chi connectivity index (χ1) is 14.1. The van der Waals surface area contributed by atoms with E-state index in [0.717, 1.165) is 42.3 Å². The summed E-state index contributed by atoms with van der Waals surface area (Å²) in [5, 5.41) is 1.12. The molecule has 4 aromatic rings. The molecule has 1 aliphatic rings. The normalized spacial score (nSPS) is 14.7. The highest BCUT2D eigenvalue weighted by Gasteiger charge is 2.28. The quantitative estimate of drug-likeness (QED) is 0.482. The van der Waals surface area contributed by atoms with Gasteiger partial charge in [0.25, 0.3) is 5.91 Å². The number of esters is 1. The van der Waals surface area contributed by atoms with E-state index in [9.17, 15) is 9.59 Å². The summed E-state index contributed by atoms with van der Waals surface area (Å²) < 4.78 is 12.5. The standard InChI is InChI=1S/C23H20N2O4/c1-14(29-23(27)15-10-11-21-18(12-15)24-13-28-21)22(26)25-19-8-4-2-6-16(19)17-7-3-5-9-20(17)25/h2,4,6,8,10-14H,3,5,7,9H2,1H3. The number of carbonyl (C=O) groups is 2. The number of hydrogen-bond acceptors (Lipinski definition) is 5. The van der Waals surface area contributed by atoms with E-state index in [1.54, 1.807) is 29.7 Å². The van der Waals surface area contributed by atoms with Crippen molar-refractivity contribution in [3.63, 3.8) is 0 Å². The smallest absolute Gasteiger partial charge is 0.338 e. The fourth-order valence-electron chi connectivity index (χ4n) is 4.19. The van der Waals surface area contributed by atoms with Crippen molar-refractivity contribution in [1.82, 2.24) is 9.55 Å². The Morgan fingerprint density at radius 2 is 1.97 bits per heavy atom. The summed E-state index contributed by atoms with van der Waals surface area (Å²) in [5.74, 6) is -0.777. The molecule has 146 valence electrons. The second-order valence-corrected chi connectivity index (χ2v) is 7.41. The number of benzene rings is 2. The van der Waals surface area contributed by atoms with Crippen molar-refractivity contribution in [3.05, 3.63) is 65.7 Å². The SMILES string of the molecule is CC(OC(=O)c1ccc2ocnc2c1)C(=O)n1c2c(c3ccccc31)CCCC2. The van der Waals surface area contributed by atoms with Gasteiger partial charge in [0.05, 0.1) is 11.1 Å².